The number of hydrogen-bond acceptors (Lipinski definition) is 6. The Balaban J connectivity index is 1.49. The zero-order valence-electron chi connectivity index (χ0n) is 19.2. The van der Waals surface area contributed by atoms with Crippen molar-refractivity contribution in [1.82, 2.24) is 20.0 Å². The maximum Gasteiger partial charge on any atom is 0.161 e. The molecule has 32 heavy (non-hydrogen) atoms. The van der Waals surface area contributed by atoms with Crippen molar-refractivity contribution in [2.45, 2.75) is 25.6 Å². The predicted molar refractivity (Wildman–Crippen MR) is 126 cm³/mol. The molecule has 7 heteroatoms. The van der Waals surface area contributed by atoms with Gasteiger partial charge in [0.2, 0.25) is 0 Å². The highest BCUT2D eigenvalue weighted by molar-refractivity contribution is 5.43. The summed E-state index contributed by atoms with van der Waals surface area (Å²) in [6.07, 6.45) is 4.12. The minimum absolute atomic E-state index is 0.204. The molecule has 0 aliphatic carbocycles. The van der Waals surface area contributed by atoms with Crippen molar-refractivity contribution in [2.75, 3.05) is 40.9 Å². The minimum atomic E-state index is -0.602. The Morgan fingerprint density at radius 3 is 2.47 bits per heavy atom. The molecule has 2 aromatic carbocycles. The third-order valence-electron chi connectivity index (χ3n) is 5.27. The number of rotatable bonds is 13. The van der Waals surface area contributed by atoms with Crippen molar-refractivity contribution in [3.63, 3.8) is 0 Å². The number of aliphatic hydroxyl groups excluding tert-OH is 1. The summed E-state index contributed by atoms with van der Waals surface area (Å²) in [6, 6.07) is 16.2. The summed E-state index contributed by atoms with van der Waals surface area (Å²) < 4.78 is 11.4. The largest absolute Gasteiger partial charge is 0.493 e. The molecule has 0 unspecified atom stereocenters. The number of aromatic amines is 1. The molecule has 1 atom stereocenters. The normalized spacial score (nSPS) is 12.3. The maximum absolute atomic E-state index is 10.5. The molecule has 172 valence electrons. The van der Waals surface area contributed by atoms with Crippen LogP contribution < -0.4 is 9.47 Å². The molecule has 0 spiro atoms. The van der Waals surface area contributed by atoms with Gasteiger partial charge in [-0.3, -0.25) is 10.00 Å². The topological polar surface area (TPSA) is 73.8 Å². The number of likely N-dealkylation sites (N-methyl/N-ethyl adjacent to an activating group) is 2. The smallest absolute Gasteiger partial charge is 0.161 e. The molecule has 3 aromatic rings. The molecule has 0 bridgehead atoms. The van der Waals surface area contributed by atoms with E-state index in [1.54, 1.807) is 7.11 Å². The van der Waals surface area contributed by atoms with E-state index in [0.717, 1.165) is 31.6 Å². The molecule has 0 fully saturated rings. The monoisotopic (exact) mass is 438 g/mol. The minimum Gasteiger partial charge on any atom is -0.493 e. The van der Waals surface area contributed by atoms with Gasteiger partial charge in [0, 0.05) is 32.4 Å². The third-order valence-corrected chi connectivity index (χ3v) is 5.27. The Hall–Kier alpha value is -2.87. The van der Waals surface area contributed by atoms with Crippen LogP contribution in [0.2, 0.25) is 0 Å². The summed E-state index contributed by atoms with van der Waals surface area (Å²) in [7, 11) is 5.72. The van der Waals surface area contributed by atoms with Gasteiger partial charge in [-0.25, -0.2) is 0 Å². The number of aliphatic hydroxyl groups is 1. The van der Waals surface area contributed by atoms with Crippen LogP contribution in [0.3, 0.4) is 0 Å². The first kappa shape index (κ1) is 23.8. The average molecular weight is 439 g/mol. The molecular formula is C25H34N4O3. The van der Waals surface area contributed by atoms with E-state index in [9.17, 15) is 5.11 Å². The number of methoxy groups -OCH3 is 1. The van der Waals surface area contributed by atoms with E-state index in [-0.39, 0.29) is 6.61 Å². The zero-order valence-corrected chi connectivity index (χ0v) is 19.2. The molecule has 0 saturated carbocycles. The standard InChI is InChI=1S/C25H34N4O3/c1-28(12-11-22-14-26-27-15-22)17-21-9-10-24(31-3)25(13-21)32-19-23(30)18-29(2)16-20-7-5-4-6-8-20/h4-10,13-15,23,30H,11-12,16-19H2,1-3H3,(H,26,27)/t23-/m1/s1. The van der Waals surface area contributed by atoms with Crippen molar-refractivity contribution in [1.29, 1.82) is 0 Å². The Labute approximate surface area is 190 Å². The van der Waals surface area contributed by atoms with Crippen LogP contribution >= 0.6 is 0 Å². The third kappa shape index (κ3) is 7.67. The molecule has 0 amide bonds. The van der Waals surface area contributed by atoms with Crippen LogP contribution in [0.25, 0.3) is 0 Å². The van der Waals surface area contributed by atoms with Crippen LogP contribution in [0.4, 0.5) is 0 Å². The molecule has 1 aromatic heterocycles. The van der Waals surface area contributed by atoms with Gasteiger partial charge in [-0.1, -0.05) is 36.4 Å². The van der Waals surface area contributed by atoms with Crippen molar-refractivity contribution in [3.8, 4) is 11.5 Å². The molecule has 3 rings (SSSR count). The molecule has 0 aliphatic heterocycles. The molecule has 7 nitrogen and oxygen atoms in total. The van der Waals surface area contributed by atoms with E-state index in [4.69, 9.17) is 9.47 Å². The van der Waals surface area contributed by atoms with Gasteiger partial charge in [0.25, 0.3) is 0 Å². The van der Waals surface area contributed by atoms with Gasteiger partial charge in [0.15, 0.2) is 11.5 Å². The van der Waals surface area contributed by atoms with Crippen LogP contribution in [0.1, 0.15) is 16.7 Å². The van der Waals surface area contributed by atoms with Gasteiger partial charge in [-0.15, -0.1) is 0 Å². The van der Waals surface area contributed by atoms with Crippen LogP contribution in [-0.4, -0.2) is 72.1 Å². The van der Waals surface area contributed by atoms with Crippen LogP contribution in [-0.2, 0) is 19.5 Å². The molecule has 0 radical (unpaired) electrons. The summed E-state index contributed by atoms with van der Waals surface area (Å²) in [5, 5.41) is 17.3. The summed E-state index contributed by atoms with van der Waals surface area (Å²) in [4.78, 5) is 4.35. The predicted octanol–water partition coefficient (Wildman–Crippen LogP) is 2.96. The lowest BCUT2D eigenvalue weighted by molar-refractivity contribution is 0.0732. The number of nitrogens with one attached hydrogen (secondary N) is 1. The zero-order chi connectivity index (χ0) is 22.8. The second-order valence-electron chi connectivity index (χ2n) is 8.23. The van der Waals surface area contributed by atoms with E-state index in [1.807, 2.05) is 55.8 Å². The molecule has 2 N–H and O–H groups in total. The summed E-state index contributed by atoms with van der Waals surface area (Å²) >= 11 is 0. The first-order valence-electron chi connectivity index (χ1n) is 10.9. The van der Waals surface area contributed by atoms with Crippen LogP contribution in [0.15, 0.2) is 60.9 Å². The van der Waals surface area contributed by atoms with Crippen molar-refractivity contribution >= 4 is 0 Å². The molecule has 0 aliphatic rings. The van der Waals surface area contributed by atoms with Gasteiger partial charge in [0.1, 0.15) is 12.7 Å². The van der Waals surface area contributed by atoms with Gasteiger partial charge in [-0.2, -0.15) is 5.10 Å². The second-order valence-corrected chi connectivity index (χ2v) is 8.23. The molecule has 0 saturated heterocycles. The number of aromatic nitrogens is 2. The summed E-state index contributed by atoms with van der Waals surface area (Å²) in [6.45, 7) is 3.22. The fourth-order valence-corrected chi connectivity index (χ4v) is 3.62. The van der Waals surface area contributed by atoms with E-state index < -0.39 is 6.10 Å². The molecular weight excluding hydrogens is 404 g/mol. The number of ether oxygens (including phenoxy) is 2. The Kier molecular flexibility index (Phi) is 9.10. The highest BCUT2D eigenvalue weighted by Gasteiger charge is 2.13. The Morgan fingerprint density at radius 1 is 0.969 bits per heavy atom. The summed E-state index contributed by atoms with van der Waals surface area (Å²) in [5.41, 5.74) is 3.54. The van der Waals surface area contributed by atoms with E-state index in [0.29, 0.717) is 18.0 Å². The SMILES string of the molecule is COc1ccc(CN(C)CCc2cn[nH]c2)cc1OC[C@H](O)CN(C)Cc1ccccc1. The van der Waals surface area contributed by atoms with E-state index in [1.165, 1.54) is 11.1 Å². The van der Waals surface area contributed by atoms with Crippen LogP contribution in [0.5, 0.6) is 11.5 Å². The van der Waals surface area contributed by atoms with Crippen molar-refractivity contribution in [3.05, 3.63) is 77.6 Å². The van der Waals surface area contributed by atoms with E-state index >= 15 is 0 Å². The first-order valence-corrected chi connectivity index (χ1v) is 10.9. The van der Waals surface area contributed by atoms with Gasteiger partial charge in [-0.05, 0) is 49.3 Å². The van der Waals surface area contributed by atoms with E-state index in [2.05, 4.69) is 39.2 Å². The van der Waals surface area contributed by atoms with Crippen molar-refractivity contribution < 1.29 is 14.6 Å². The average Bonchev–Trinajstić information content (AvgIpc) is 3.31. The Bertz CT molecular complexity index is 918. The van der Waals surface area contributed by atoms with Crippen molar-refractivity contribution in [2.24, 2.45) is 0 Å². The lowest BCUT2D eigenvalue weighted by atomic mass is 10.1. The number of benzene rings is 2. The fourth-order valence-electron chi connectivity index (χ4n) is 3.62. The first-order chi connectivity index (χ1) is 15.5. The highest BCUT2D eigenvalue weighted by atomic mass is 16.5. The summed E-state index contributed by atoms with van der Waals surface area (Å²) in [5.74, 6) is 1.32. The van der Waals surface area contributed by atoms with Gasteiger partial charge < -0.3 is 19.5 Å². The van der Waals surface area contributed by atoms with Gasteiger partial charge in [0.05, 0.1) is 13.3 Å². The quantitative estimate of drug-likeness (QED) is 0.427. The maximum atomic E-state index is 10.5. The number of hydrogen-bond donors (Lipinski definition) is 2. The second kappa shape index (κ2) is 12.2. The Morgan fingerprint density at radius 2 is 1.75 bits per heavy atom. The number of nitrogens with zero attached hydrogens (tertiary/aromatic N) is 3. The number of H-pyrrole nitrogens is 1. The fraction of sp³-hybridized carbons (Fsp3) is 0.400. The van der Waals surface area contributed by atoms with Crippen LogP contribution in [0, 0.1) is 0 Å². The molecule has 1 heterocycles. The lowest BCUT2D eigenvalue weighted by Crippen LogP contribution is -2.32. The van der Waals surface area contributed by atoms with Gasteiger partial charge >= 0.3 is 0 Å². The highest BCUT2D eigenvalue weighted by Crippen LogP contribution is 2.28. The lowest BCUT2D eigenvalue weighted by Gasteiger charge is -2.22.